The Morgan fingerprint density at radius 2 is 1.77 bits per heavy atom. The molecule has 6 heteroatoms. The van der Waals surface area contributed by atoms with Crippen molar-refractivity contribution in [1.29, 1.82) is 0 Å². The molecule has 2 aromatic rings. The van der Waals surface area contributed by atoms with Gasteiger partial charge in [-0.2, -0.15) is 0 Å². The topological polar surface area (TPSA) is 61.4 Å². The van der Waals surface area contributed by atoms with Gasteiger partial charge in [-0.25, -0.2) is 18.6 Å². The van der Waals surface area contributed by atoms with Gasteiger partial charge in [0.1, 0.15) is 0 Å². The molecule has 118 valence electrons. The molecule has 0 spiro atoms. The molecule has 0 saturated carbocycles. The minimum absolute atomic E-state index is 0.256. The Morgan fingerprint density at radius 3 is 2.41 bits per heavy atom. The summed E-state index contributed by atoms with van der Waals surface area (Å²) < 4.78 is 27.0. The molecular formula is C16H21N3O2S. The lowest BCUT2D eigenvalue weighted by Gasteiger charge is -2.22. The van der Waals surface area contributed by atoms with Gasteiger partial charge in [-0.1, -0.05) is 30.3 Å². The Labute approximate surface area is 132 Å². The van der Waals surface area contributed by atoms with E-state index in [1.54, 1.807) is 30.3 Å². The zero-order valence-corrected chi connectivity index (χ0v) is 13.6. The fourth-order valence-electron chi connectivity index (χ4n) is 2.17. The molecule has 0 unspecified atom stereocenters. The molecule has 2 N–H and O–H groups in total. The van der Waals surface area contributed by atoms with Gasteiger partial charge in [-0.15, -0.1) is 0 Å². The van der Waals surface area contributed by atoms with Crippen LogP contribution in [-0.4, -0.2) is 22.0 Å². The fourth-order valence-corrected chi connectivity index (χ4v) is 3.20. The number of benzene rings is 2. The van der Waals surface area contributed by atoms with E-state index in [2.05, 4.69) is 10.1 Å². The molecule has 2 aromatic carbocycles. The minimum Gasteiger partial charge on any atom is -0.309 e. The van der Waals surface area contributed by atoms with Crippen LogP contribution in [0.2, 0.25) is 0 Å². The number of hydrogen-bond acceptors (Lipinski definition) is 4. The third-order valence-corrected chi connectivity index (χ3v) is 4.75. The van der Waals surface area contributed by atoms with Gasteiger partial charge in [0.2, 0.25) is 10.0 Å². The predicted molar refractivity (Wildman–Crippen MR) is 89.0 cm³/mol. The third-order valence-electron chi connectivity index (χ3n) is 3.33. The van der Waals surface area contributed by atoms with Crippen molar-refractivity contribution in [3.63, 3.8) is 0 Å². The van der Waals surface area contributed by atoms with Crippen LogP contribution in [0.3, 0.4) is 0 Å². The van der Waals surface area contributed by atoms with Crippen molar-refractivity contribution in [1.82, 2.24) is 10.1 Å². The molecule has 0 aliphatic rings. The first-order valence-electron chi connectivity index (χ1n) is 7.15. The Hall–Kier alpha value is -1.89. The maximum atomic E-state index is 12.2. The normalized spacial score (nSPS) is 11.4. The summed E-state index contributed by atoms with van der Waals surface area (Å²) in [5, 5.41) is 1.98. The summed E-state index contributed by atoms with van der Waals surface area (Å²) in [6.07, 6.45) is 0. The summed E-state index contributed by atoms with van der Waals surface area (Å²) >= 11 is 0. The Morgan fingerprint density at radius 1 is 1.05 bits per heavy atom. The lowest BCUT2D eigenvalue weighted by molar-refractivity contribution is 0.581. The summed E-state index contributed by atoms with van der Waals surface area (Å²) in [4.78, 5) is 0.275. The van der Waals surface area contributed by atoms with Gasteiger partial charge in [-0.05, 0) is 36.8 Å². The third kappa shape index (κ3) is 4.07. The van der Waals surface area contributed by atoms with E-state index in [-0.39, 0.29) is 11.4 Å². The summed E-state index contributed by atoms with van der Waals surface area (Å²) in [5.41, 5.74) is 5.00. The van der Waals surface area contributed by atoms with Crippen LogP contribution < -0.4 is 15.2 Å². The second-order valence-corrected chi connectivity index (χ2v) is 6.54. The van der Waals surface area contributed by atoms with Gasteiger partial charge in [0.25, 0.3) is 0 Å². The molecule has 0 fully saturated rings. The van der Waals surface area contributed by atoms with Gasteiger partial charge < -0.3 is 5.01 Å². The van der Waals surface area contributed by atoms with Crippen LogP contribution in [0.4, 0.5) is 5.69 Å². The number of sulfonamides is 1. The van der Waals surface area contributed by atoms with Gasteiger partial charge in [0.15, 0.2) is 0 Å². The van der Waals surface area contributed by atoms with E-state index < -0.39 is 10.0 Å². The highest BCUT2D eigenvalue weighted by Crippen LogP contribution is 2.15. The van der Waals surface area contributed by atoms with Crippen LogP contribution in [0.5, 0.6) is 0 Å². The smallest absolute Gasteiger partial charge is 0.240 e. The SMILES string of the molecule is CCN(NC)c1cccc(CNS(=O)(=O)c2ccccc2)c1. The van der Waals surface area contributed by atoms with E-state index in [0.717, 1.165) is 17.8 Å². The van der Waals surface area contributed by atoms with E-state index in [0.29, 0.717) is 0 Å². The predicted octanol–water partition coefficient (Wildman–Crippen LogP) is 2.13. The highest BCUT2D eigenvalue weighted by atomic mass is 32.2. The molecule has 0 saturated heterocycles. The fraction of sp³-hybridized carbons (Fsp3) is 0.250. The summed E-state index contributed by atoms with van der Waals surface area (Å²) in [5.74, 6) is 0. The average molecular weight is 319 g/mol. The van der Waals surface area contributed by atoms with Gasteiger partial charge >= 0.3 is 0 Å². The number of hydrogen-bond donors (Lipinski definition) is 2. The molecular weight excluding hydrogens is 298 g/mol. The molecule has 22 heavy (non-hydrogen) atoms. The van der Waals surface area contributed by atoms with Gasteiger partial charge in [-0.3, -0.25) is 0 Å². The van der Waals surface area contributed by atoms with Crippen molar-refractivity contribution < 1.29 is 8.42 Å². The molecule has 0 atom stereocenters. The average Bonchev–Trinajstić information content (AvgIpc) is 2.56. The molecule has 0 radical (unpaired) electrons. The van der Waals surface area contributed by atoms with Crippen LogP contribution in [0.25, 0.3) is 0 Å². The van der Waals surface area contributed by atoms with Crippen LogP contribution in [0.1, 0.15) is 12.5 Å². The molecule has 0 bridgehead atoms. The lowest BCUT2D eigenvalue weighted by atomic mass is 10.2. The first-order chi connectivity index (χ1) is 10.6. The zero-order valence-electron chi connectivity index (χ0n) is 12.8. The van der Waals surface area contributed by atoms with Crippen molar-refractivity contribution in [2.24, 2.45) is 0 Å². The number of rotatable bonds is 7. The molecule has 0 heterocycles. The number of hydrazine groups is 1. The molecule has 0 aliphatic heterocycles. The van der Waals surface area contributed by atoms with E-state index in [9.17, 15) is 8.42 Å². The maximum absolute atomic E-state index is 12.2. The molecule has 2 rings (SSSR count). The van der Waals surface area contributed by atoms with Crippen molar-refractivity contribution in [3.8, 4) is 0 Å². The lowest BCUT2D eigenvalue weighted by Crippen LogP contribution is -2.34. The Balaban J connectivity index is 2.10. The Bertz CT molecular complexity index is 698. The standard InChI is InChI=1S/C16H21N3O2S/c1-3-19(17-2)15-9-7-8-14(12-15)13-18-22(20,21)16-10-5-4-6-11-16/h4-12,17-18H,3,13H2,1-2H3. The van der Waals surface area contributed by atoms with Crippen LogP contribution in [0, 0.1) is 0 Å². The van der Waals surface area contributed by atoms with E-state index in [1.807, 2.05) is 43.2 Å². The van der Waals surface area contributed by atoms with Gasteiger partial charge in [0, 0.05) is 20.1 Å². The molecule has 5 nitrogen and oxygen atoms in total. The van der Waals surface area contributed by atoms with E-state index in [1.165, 1.54) is 0 Å². The number of nitrogens with zero attached hydrogens (tertiary/aromatic N) is 1. The van der Waals surface area contributed by atoms with Gasteiger partial charge in [0.05, 0.1) is 10.6 Å². The largest absolute Gasteiger partial charge is 0.309 e. The second kappa shape index (κ2) is 7.40. The Kier molecular flexibility index (Phi) is 5.54. The van der Waals surface area contributed by atoms with Crippen molar-refractivity contribution in [3.05, 3.63) is 60.2 Å². The summed E-state index contributed by atoms with van der Waals surface area (Å²) in [6.45, 7) is 3.11. The maximum Gasteiger partial charge on any atom is 0.240 e. The molecule has 0 aromatic heterocycles. The minimum atomic E-state index is -3.48. The first-order valence-corrected chi connectivity index (χ1v) is 8.63. The quantitative estimate of drug-likeness (QED) is 0.768. The van der Waals surface area contributed by atoms with Crippen molar-refractivity contribution in [2.45, 2.75) is 18.4 Å². The number of anilines is 1. The molecule has 0 aliphatic carbocycles. The second-order valence-electron chi connectivity index (χ2n) is 4.78. The number of nitrogens with one attached hydrogen (secondary N) is 2. The van der Waals surface area contributed by atoms with Crippen LogP contribution in [0.15, 0.2) is 59.5 Å². The van der Waals surface area contributed by atoms with Crippen molar-refractivity contribution in [2.75, 3.05) is 18.6 Å². The van der Waals surface area contributed by atoms with E-state index in [4.69, 9.17) is 0 Å². The highest BCUT2D eigenvalue weighted by molar-refractivity contribution is 7.89. The summed E-state index contributed by atoms with van der Waals surface area (Å²) in [7, 11) is -1.63. The van der Waals surface area contributed by atoms with E-state index >= 15 is 0 Å². The molecule has 0 amide bonds. The first kappa shape index (κ1) is 16.5. The zero-order chi connectivity index (χ0) is 16.0. The van der Waals surface area contributed by atoms with Crippen LogP contribution in [-0.2, 0) is 16.6 Å². The highest BCUT2D eigenvalue weighted by Gasteiger charge is 2.13. The monoisotopic (exact) mass is 319 g/mol. The van der Waals surface area contributed by atoms with Crippen LogP contribution >= 0.6 is 0 Å². The summed E-state index contributed by atoms with van der Waals surface area (Å²) in [6, 6.07) is 16.1. The van der Waals surface area contributed by atoms with Crippen molar-refractivity contribution >= 4 is 15.7 Å².